The highest BCUT2D eigenvalue weighted by Gasteiger charge is 2.07. The van der Waals surface area contributed by atoms with Crippen LogP contribution in [0, 0.1) is 0 Å². The Morgan fingerprint density at radius 2 is 2.25 bits per heavy atom. The summed E-state index contributed by atoms with van der Waals surface area (Å²) in [4.78, 5) is 15.7. The Labute approximate surface area is 95.6 Å². The molecule has 0 aliphatic rings. The first-order valence-electron chi connectivity index (χ1n) is 5.38. The Kier molecular flexibility index (Phi) is 5.50. The minimum Gasteiger partial charge on any atom is -0.495 e. The van der Waals surface area contributed by atoms with Crippen LogP contribution in [0.4, 0.5) is 0 Å². The average Bonchev–Trinajstić information content (AvgIpc) is 2.34. The number of nitrogens with zero attached hydrogens (tertiary/aromatic N) is 1. The molecule has 0 unspecified atom stereocenters. The molecule has 0 aliphatic heterocycles. The monoisotopic (exact) mass is 223 g/mol. The fourth-order valence-corrected chi connectivity index (χ4v) is 1.31. The van der Waals surface area contributed by atoms with Gasteiger partial charge in [-0.25, -0.2) is 0 Å². The molecule has 0 amide bonds. The van der Waals surface area contributed by atoms with Gasteiger partial charge in [0.25, 0.3) is 0 Å². The van der Waals surface area contributed by atoms with Crippen molar-refractivity contribution in [3.05, 3.63) is 24.0 Å². The molecular weight excluding hydrogens is 206 g/mol. The summed E-state index contributed by atoms with van der Waals surface area (Å²) < 4.78 is 10.2. The maximum Gasteiger partial charge on any atom is 0.164 e. The highest BCUT2D eigenvalue weighted by molar-refractivity contribution is 5.96. The number of hydrogen-bond donors (Lipinski definition) is 0. The smallest absolute Gasteiger partial charge is 0.164 e. The molecular formula is C12H17NO3. The van der Waals surface area contributed by atoms with Gasteiger partial charge in [-0.05, 0) is 19.4 Å². The van der Waals surface area contributed by atoms with Gasteiger partial charge < -0.3 is 9.47 Å². The van der Waals surface area contributed by atoms with Crippen molar-refractivity contribution in [2.24, 2.45) is 0 Å². The number of hydrogen-bond acceptors (Lipinski definition) is 4. The molecule has 0 aliphatic carbocycles. The van der Waals surface area contributed by atoms with E-state index in [0.29, 0.717) is 30.9 Å². The molecule has 4 heteroatoms. The Bertz CT molecular complexity index is 339. The van der Waals surface area contributed by atoms with E-state index in [2.05, 4.69) is 4.98 Å². The third-order valence-corrected chi connectivity index (χ3v) is 2.17. The van der Waals surface area contributed by atoms with E-state index in [4.69, 9.17) is 9.47 Å². The van der Waals surface area contributed by atoms with E-state index in [9.17, 15) is 4.79 Å². The van der Waals surface area contributed by atoms with E-state index in [-0.39, 0.29) is 5.78 Å². The van der Waals surface area contributed by atoms with Gasteiger partial charge in [0.15, 0.2) is 5.78 Å². The number of ether oxygens (including phenoxy) is 2. The average molecular weight is 223 g/mol. The zero-order chi connectivity index (χ0) is 11.8. The third-order valence-electron chi connectivity index (χ3n) is 2.17. The normalized spacial score (nSPS) is 10.1. The van der Waals surface area contributed by atoms with Crippen LogP contribution < -0.4 is 4.74 Å². The Morgan fingerprint density at radius 1 is 1.44 bits per heavy atom. The molecule has 0 radical (unpaired) electrons. The molecule has 0 N–H and O–H groups in total. The second-order valence-corrected chi connectivity index (χ2v) is 3.34. The van der Waals surface area contributed by atoms with Gasteiger partial charge in [-0.15, -0.1) is 0 Å². The Balaban J connectivity index is 2.46. The van der Waals surface area contributed by atoms with Crippen molar-refractivity contribution in [1.29, 1.82) is 0 Å². The number of Topliss-reactive ketones (excluding diaryl/α,β-unsaturated/α-hetero) is 1. The number of methoxy groups -OCH3 is 1. The zero-order valence-corrected chi connectivity index (χ0v) is 9.73. The molecule has 0 aromatic carbocycles. The summed E-state index contributed by atoms with van der Waals surface area (Å²) in [5, 5.41) is 0. The molecule has 0 atom stereocenters. The van der Waals surface area contributed by atoms with E-state index >= 15 is 0 Å². The van der Waals surface area contributed by atoms with Gasteiger partial charge in [-0.3, -0.25) is 9.78 Å². The summed E-state index contributed by atoms with van der Waals surface area (Å²) in [5.41, 5.74) is 0.593. The number of aromatic nitrogens is 1. The summed E-state index contributed by atoms with van der Waals surface area (Å²) in [6, 6.07) is 1.70. The summed E-state index contributed by atoms with van der Waals surface area (Å²) in [5.74, 6) is 0.682. The van der Waals surface area contributed by atoms with E-state index in [1.165, 1.54) is 0 Å². The van der Waals surface area contributed by atoms with Crippen molar-refractivity contribution in [2.75, 3.05) is 20.3 Å². The highest BCUT2D eigenvalue weighted by atomic mass is 16.5. The summed E-state index contributed by atoms with van der Waals surface area (Å²) >= 11 is 0. The maximum atomic E-state index is 11.7. The largest absolute Gasteiger partial charge is 0.495 e. The van der Waals surface area contributed by atoms with Crippen molar-refractivity contribution in [2.45, 2.75) is 19.8 Å². The lowest BCUT2D eigenvalue weighted by atomic mass is 10.1. The van der Waals surface area contributed by atoms with Gasteiger partial charge in [0.2, 0.25) is 0 Å². The van der Waals surface area contributed by atoms with Crippen LogP contribution in [0.25, 0.3) is 0 Å². The minimum absolute atomic E-state index is 0.0751. The number of ketones is 1. The van der Waals surface area contributed by atoms with Gasteiger partial charge in [-0.2, -0.15) is 0 Å². The van der Waals surface area contributed by atoms with Gasteiger partial charge in [0, 0.05) is 31.4 Å². The first-order chi connectivity index (χ1) is 7.77. The maximum absolute atomic E-state index is 11.7. The number of pyridine rings is 1. The molecule has 88 valence electrons. The predicted molar refractivity (Wildman–Crippen MR) is 60.8 cm³/mol. The van der Waals surface area contributed by atoms with Gasteiger partial charge in [0.05, 0.1) is 13.3 Å². The summed E-state index contributed by atoms with van der Waals surface area (Å²) in [6.07, 6.45) is 4.36. The Morgan fingerprint density at radius 3 is 2.94 bits per heavy atom. The molecule has 0 bridgehead atoms. The SMILES string of the molecule is CCOCCCC(=O)c1cncc(OC)c1. The molecule has 0 saturated carbocycles. The molecule has 16 heavy (non-hydrogen) atoms. The molecule has 1 aromatic rings. The van der Waals surface area contributed by atoms with Crippen molar-refractivity contribution in [3.63, 3.8) is 0 Å². The van der Waals surface area contributed by atoms with Crippen LogP contribution in [0.5, 0.6) is 5.75 Å². The number of carbonyl (C=O) groups excluding carboxylic acids is 1. The second-order valence-electron chi connectivity index (χ2n) is 3.34. The summed E-state index contributed by atoms with van der Waals surface area (Å²) in [7, 11) is 1.56. The van der Waals surface area contributed by atoms with Crippen LogP contribution in [0.1, 0.15) is 30.1 Å². The second kappa shape index (κ2) is 6.95. The van der Waals surface area contributed by atoms with Crippen LogP contribution in [-0.4, -0.2) is 31.1 Å². The predicted octanol–water partition coefficient (Wildman–Crippen LogP) is 2.09. The number of rotatable bonds is 7. The van der Waals surface area contributed by atoms with Crippen LogP contribution in [0.2, 0.25) is 0 Å². The first kappa shape index (κ1) is 12.6. The molecule has 1 heterocycles. The van der Waals surface area contributed by atoms with Crippen molar-refractivity contribution < 1.29 is 14.3 Å². The molecule has 1 aromatic heterocycles. The van der Waals surface area contributed by atoms with Crippen LogP contribution >= 0.6 is 0 Å². The molecule has 0 fully saturated rings. The lowest BCUT2D eigenvalue weighted by molar-refractivity contribution is 0.0946. The zero-order valence-electron chi connectivity index (χ0n) is 9.73. The molecule has 0 saturated heterocycles. The molecule has 0 spiro atoms. The van der Waals surface area contributed by atoms with E-state index in [1.807, 2.05) is 6.92 Å². The highest BCUT2D eigenvalue weighted by Crippen LogP contribution is 2.12. The van der Waals surface area contributed by atoms with Gasteiger partial charge in [0.1, 0.15) is 5.75 Å². The van der Waals surface area contributed by atoms with Crippen LogP contribution in [-0.2, 0) is 4.74 Å². The van der Waals surface area contributed by atoms with Crippen molar-refractivity contribution in [1.82, 2.24) is 4.98 Å². The van der Waals surface area contributed by atoms with Crippen LogP contribution in [0.15, 0.2) is 18.5 Å². The first-order valence-corrected chi connectivity index (χ1v) is 5.38. The molecule has 1 rings (SSSR count). The van der Waals surface area contributed by atoms with Crippen molar-refractivity contribution in [3.8, 4) is 5.75 Å². The minimum atomic E-state index is 0.0751. The fourth-order valence-electron chi connectivity index (χ4n) is 1.31. The van der Waals surface area contributed by atoms with E-state index in [0.717, 1.165) is 6.42 Å². The van der Waals surface area contributed by atoms with Gasteiger partial charge >= 0.3 is 0 Å². The number of carbonyl (C=O) groups is 1. The van der Waals surface area contributed by atoms with Gasteiger partial charge in [-0.1, -0.05) is 0 Å². The standard InChI is InChI=1S/C12H17NO3/c1-3-16-6-4-5-12(14)10-7-11(15-2)9-13-8-10/h7-9H,3-6H2,1-2H3. The van der Waals surface area contributed by atoms with E-state index in [1.54, 1.807) is 25.6 Å². The van der Waals surface area contributed by atoms with E-state index < -0.39 is 0 Å². The van der Waals surface area contributed by atoms with Crippen LogP contribution in [0.3, 0.4) is 0 Å². The lowest BCUT2D eigenvalue weighted by Crippen LogP contribution is -2.03. The Hall–Kier alpha value is -1.42. The fraction of sp³-hybridized carbons (Fsp3) is 0.500. The topological polar surface area (TPSA) is 48.4 Å². The lowest BCUT2D eigenvalue weighted by Gasteiger charge is -2.03. The summed E-state index contributed by atoms with van der Waals surface area (Å²) in [6.45, 7) is 3.25. The third kappa shape index (κ3) is 3.98. The molecule has 4 nitrogen and oxygen atoms in total. The van der Waals surface area contributed by atoms with Crippen molar-refractivity contribution >= 4 is 5.78 Å². The quantitative estimate of drug-likeness (QED) is 0.524.